The zero-order chi connectivity index (χ0) is 27.4. The average Bonchev–Trinajstić information content (AvgIpc) is 3.39. The molecule has 0 saturated carbocycles. The van der Waals surface area contributed by atoms with Gasteiger partial charge in [0.25, 0.3) is 0 Å². The molecule has 0 bridgehead atoms. The molecule has 2 atom stereocenters. The van der Waals surface area contributed by atoms with Crippen molar-refractivity contribution in [3.8, 4) is 5.75 Å². The van der Waals surface area contributed by atoms with Crippen molar-refractivity contribution in [3.63, 3.8) is 0 Å². The molecular formula is C33H32Cl2N4O. The second kappa shape index (κ2) is 12.0. The maximum absolute atomic E-state index is 6.59. The topological polar surface area (TPSA) is 49.8 Å². The molecule has 2 aliphatic rings. The minimum Gasteiger partial charge on any atom is -0.489 e. The summed E-state index contributed by atoms with van der Waals surface area (Å²) in [6, 6.07) is 30.6. The lowest BCUT2D eigenvalue weighted by molar-refractivity contribution is 0.128. The number of benzene rings is 3. The molecule has 1 aromatic heterocycles. The average molecular weight is 572 g/mol. The number of aliphatic imine (C=N–C) groups is 1. The van der Waals surface area contributed by atoms with Gasteiger partial charge < -0.3 is 15.0 Å². The molecular weight excluding hydrogens is 539 g/mol. The molecule has 6 rings (SSSR count). The van der Waals surface area contributed by atoms with Gasteiger partial charge in [-0.3, -0.25) is 9.98 Å². The number of rotatable bonds is 8. The van der Waals surface area contributed by atoms with Crippen LogP contribution >= 0.6 is 23.2 Å². The minimum atomic E-state index is -0.542. The van der Waals surface area contributed by atoms with E-state index >= 15 is 0 Å². The van der Waals surface area contributed by atoms with Gasteiger partial charge >= 0.3 is 0 Å². The molecule has 4 aromatic rings. The van der Waals surface area contributed by atoms with E-state index in [-0.39, 0.29) is 6.04 Å². The van der Waals surface area contributed by atoms with Gasteiger partial charge in [0.1, 0.15) is 17.9 Å². The van der Waals surface area contributed by atoms with E-state index in [1.54, 1.807) is 0 Å². The van der Waals surface area contributed by atoms with Crippen LogP contribution in [0.15, 0.2) is 102 Å². The molecule has 3 heterocycles. The van der Waals surface area contributed by atoms with E-state index in [2.05, 4.69) is 52.7 Å². The van der Waals surface area contributed by atoms with E-state index in [9.17, 15) is 0 Å². The van der Waals surface area contributed by atoms with Gasteiger partial charge in [0.15, 0.2) is 0 Å². The van der Waals surface area contributed by atoms with Crippen LogP contribution in [0.5, 0.6) is 5.75 Å². The zero-order valence-corrected chi connectivity index (χ0v) is 23.7. The second-order valence-corrected chi connectivity index (χ2v) is 11.3. The van der Waals surface area contributed by atoms with Crippen molar-refractivity contribution < 1.29 is 4.74 Å². The third kappa shape index (κ3) is 5.46. The third-order valence-electron chi connectivity index (χ3n) is 8.00. The van der Waals surface area contributed by atoms with Gasteiger partial charge in [-0.05, 0) is 84.9 Å². The van der Waals surface area contributed by atoms with Gasteiger partial charge in [0, 0.05) is 12.7 Å². The van der Waals surface area contributed by atoms with Gasteiger partial charge in [-0.1, -0.05) is 77.8 Å². The summed E-state index contributed by atoms with van der Waals surface area (Å²) >= 11 is 12.9. The molecule has 40 heavy (non-hydrogen) atoms. The Labute approximate surface area is 245 Å². The Kier molecular flexibility index (Phi) is 8.05. The first kappa shape index (κ1) is 26.8. The standard InChI is InChI=1S/C33H32Cl2N4O/c34-29-14-11-26(20-30(29)35)32-33(27-15-18-36-19-16-27,31-8-4-5-17-37-31)38-23-39(32)21-24-9-12-28(13-10-24)40-22-25-6-2-1-3-7-25/h1-14,17,20,23,27,32,36H,15-16,18-19,21-22H2. The fourth-order valence-corrected chi connectivity index (χ4v) is 6.37. The number of hydrogen-bond acceptors (Lipinski definition) is 5. The normalized spacial score (nSPS) is 21.1. The van der Waals surface area contributed by atoms with Gasteiger partial charge in [0.05, 0.1) is 28.1 Å². The van der Waals surface area contributed by atoms with Gasteiger partial charge in [0.2, 0.25) is 0 Å². The van der Waals surface area contributed by atoms with E-state index < -0.39 is 5.54 Å². The number of halogens is 2. The molecule has 7 heteroatoms. The number of pyridine rings is 1. The van der Waals surface area contributed by atoms with Crippen LogP contribution < -0.4 is 10.1 Å². The predicted octanol–water partition coefficient (Wildman–Crippen LogP) is 7.45. The first-order valence-corrected chi connectivity index (χ1v) is 14.5. The Morgan fingerprint density at radius 2 is 1.62 bits per heavy atom. The largest absolute Gasteiger partial charge is 0.489 e. The van der Waals surface area contributed by atoms with E-state index in [1.165, 1.54) is 5.56 Å². The number of aromatic nitrogens is 1. The van der Waals surface area contributed by atoms with Crippen LogP contribution in [0.1, 0.15) is 41.3 Å². The van der Waals surface area contributed by atoms with Crippen molar-refractivity contribution in [2.75, 3.05) is 13.1 Å². The van der Waals surface area contributed by atoms with Crippen LogP contribution in [-0.2, 0) is 18.7 Å². The quantitative estimate of drug-likeness (QED) is 0.239. The highest BCUT2D eigenvalue weighted by Crippen LogP contribution is 2.53. The number of nitrogens with zero attached hydrogens (tertiary/aromatic N) is 3. The Hall–Kier alpha value is -3.38. The summed E-state index contributed by atoms with van der Waals surface area (Å²) in [6.45, 7) is 3.16. The fourth-order valence-electron chi connectivity index (χ4n) is 6.07. The lowest BCUT2D eigenvalue weighted by Gasteiger charge is -2.44. The highest BCUT2D eigenvalue weighted by atomic mass is 35.5. The summed E-state index contributed by atoms with van der Waals surface area (Å²) in [5.41, 5.74) is 3.85. The highest BCUT2D eigenvalue weighted by Gasteiger charge is 2.53. The van der Waals surface area contributed by atoms with Crippen molar-refractivity contribution in [1.82, 2.24) is 15.2 Å². The van der Waals surface area contributed by atoms with E-state index in [4.69, 9.17) is 37.9 Å². The van der Waals surface area contributed by atoms with Crippen molar-refractivity contribution in [1.29, 1.82) is 0 Å². The third-order valence-corrected chi connectivity index (χ3v) is 8.74. The molecule has 1 N–H and O–H groups in total. The Morgan fingerprint density at radius 3 is 2.35 bits per heavy atom. The van der Waals surface area contributed by atoms with Gasteiger partial charge in [-0.25, -0.2) is 0 Å². The van der Waals surface area contributed by atoms with Crippen LogP contribution in [0.25, 0.3) is 0 Å². The summed E-state index contributed by atoms with van der Waals surface area (Å²) < 4.78 is 6.02. The highest BCUT2D eigenvalue weighted by molar-refractivity contribution is 6.42. The zero-order valence-electron chi connectivity index (χ0n) is 22.2. The molecule has 2 unspecified atom stereocenters. The molecule has 3 aromatic carbocycles. The molecule has 5 nitrogen and oxygen atoms in total. The Balaban J connectivity index is 1.32. The van der Waals surface area contributed by atoms with Crippen LogP contribution in [0, 0.1) is 5.92 Å². The molecule has 0 amide bonds. The first-order valence-electron chi connectivity index (χ1n) is 13.8. The van der Waals surface area contributed by atoms with E-state index in [0.717, 1.165) is 48.5 Å². The van der Waals surface area contributed by atoms with Crippen LogP contribution in [-0.4, -0.2) is 29.3 Å². The summed E-state index contributed by atoms with van der Waals surface area (Å²) in [6.07, 6.45) is 5.93. The lowest BCUT2D eigenvalue weighted by atomic mass is 9.69. The van der Waals surface area contributed by atoms with E-state index in [1.807, 2.05) is 61.1 Å². The summed E-state index contributed by atoms with van der Waals surface area (Å²) in [7, 11) is 0. The number of piperidine rings is 1. The first-order chi connectivity index (χ1) is 19.6. The van der Waals surface area contributed by atoms with Crippen molar-refractivity contribution in [2.45, 2.75) is 37.6 Å². The smallest absolute Gasteiger partial charge is 0.131 e. The summed E-state index contributed by atoms with van der Waals surface area (Å²) in [4.78, 5) is 12.6. The van der Waals surface area contributed by atoms with Crippen LogP contribution in [0.3, 0.4) is 0 Å². The second-order valence-electron chi connectivity index (χ2n) is 10.5. The molecule has 0 spiro atoms. The maximum Gasteiger partial charge on any atom is 0.131 e. The molecule has 1 saturated heterocycles. The molecule has 2 aliphatic heterocycles. The SMILES string of the molecule is Clc1ccc(C2N(Cc3ccc(OCc4ccccc4)cc3)C=NC2(c2ccccn2)C2CCNCC2)cc1Cl. The predicted molar refractivity (Wildman–Crippen MR) is 162 cm³/mol. The van der Waals surface area contributed by atoms with Crippen LogP contribution in [0.2, 0.25) is 10.0 Å². The molecule has 0 radical (unpaired) electrons. The Bertz CT molecular complexity index is 1440. The molecule has 1 fully saturated rings. The molecule has 204 valence electrons. The van der Waals surface area contributed by atoms with Gasteiger partial charge in [-0.2, -0.15) is 0 Å². The maximum atomic E-state index is 6.59. The number of hydrogen-bond donors (Lipinski definition) is 1. The summed E-state index contributed by atoms with van der Waals surface area (Å²) in [5, 5.41) is 4.61. The summed E-state index contributed by atoms with van der Waals surface area (Å²) in [5.74, 6) is 1.17. The van der Waals surface area contributed by atoms with E-state index in [0.29, 0.717) is 29.1 Å². The minimum absolute atomic E-state index is 0.0886. The van der Waals surface area contributed by atoms with Crippen molar-refractivity contribution in [3.05, 3.63) is 130 Å². The van der Waals surface area contributed by atoms with Crippen molar-refractivity contribution in [2.24, 2.45) is 10.9 Å². The van der Waals surface area contributed by atoms with Crippen LogP contribution in [0.4, 0.5) is 0 Å². The number of nitrogens with one attached hydrogen (secondary N) is 1. The fraction of sp³-hybridized carbons (Fsp3) is 0.273. The van der Waals surface area contributed by atoms with Gasteiger partial charge in [-0.15, -0.1) is 0 Å². The molecule has 0 aliphatic carbocycles. The monoisotopic (exact) mass is 570 g/mol. The number of ether oxygens (including phenoxy) is 1. The van der Waals surface area contributed by atoms with Crippen molar-refractivity contribution >= 4 is 29.5 Å². The Morgan fingerprint density at radius 1 is 0.850 bits per heavy atom. The lowest BCUT2D eigenvalue weighted by Crippen LogP contribution is -2.46.